The number of carbonyl (C=O) groups excluding carboxylic acids is 2. The Balaban J connectivity index is 1.35. The highest BCUT2D eigenvalue weighted by Crippen LogP contribution is 2.21. The summed E-state index contributed by atoms with van der Waals surface area (Å²) in [4.78, 5) is 30.4. The van der Waals surface area contributed by atoms with E-state index in [2.05, 4.69) is 41.4 Å². The maximum absolute atomic E-state index is 13.4. The smallest absolute Gasteiger partial charge is 0.243 e. The maximum atomic E-state index is 13.4. The summed E-state index contributed by atoms with van der Waals surface area (Å²) in [5.74, 6) is -0.310. The van der Waals surface area contributed by atoms with Gasteiger partial charge in [-0.15, -0.1) is 0 Å². The number of carbonyl (C=O) groups is 2. The molecule has 2 aliphatic rings. The second kappa shape index (κ2) is 12.7. The van der Waals surface area contributed by atoms with Gasteiger partial charge < -0.3 is 10.2 Å². The minimum Gasteiger partial charge on any atom is -0.356 e. The third-order valence-electron chi connectivity index (χ3n) is 7.30. The van der Waals surface area contributed by atoms with Gasteiger partial charge in [0, 0.05) is 64.7 Å². The molecule has 37 heavy (non-hydrogen) atoms. The minimum absolute atomic E-state index is 0.105. The number of nitrogens with one attached hydrogen (secondary N) is 1. The second-order valence-electron chi connectivity index (χ2n) is 10.0. The maximum Gasteiger partial charge on any atom is 0.243 e. The largest absolute Gasteiger partial charge is 0.356 e. The SMILES string of the molecule is Cc1ccc(CN2CCN(C(=O)C3CCCN(S(=O)(=O)c4ccccc4)CCC(=O)NCC3)CC2)cc1. The molecule has 0 spiro atoms. The van der Waals surface area contributed by atoms with Gasteiger partial charge in [-0.1, -0.05) is 48.0 Å². The Kier molecular flexibility index (Phi) is 9.34. The van der Waals surface area contributed by atoms with E-state index in [1.165, 1.54) is 15.4 Å². The Morgan fingerprint density at radius 1 is 0.919 bits per heavy atom. The van der Waals surface area contributed by atoms with E-state index in [9.17, 15) is 18.0 Å². The van der Waals surface area contributed by atoms with Gasteiger partial charge in [-0.25, -0.2) is 8.42 Å². The molecule has 4 rings (SSSR count). The van der Waals surface area contributed by atoms with Crippen LogP contribution in [0.4, 0.5) is 0 Å². The Morgan fingerprint density at radius 2 is 1.62 bits per heavy atom. The number of piperazine rings is 1. The third-order valence-corrected chi connectivity index (χ3v) is 9.22. The second-order valence-corrected chi connectivity index (χ2v) is 12.0. The van der Waals surface area contributed by atoms with Crippen LogP contribution in [0.3, 0.4) is 0 Å². The molecule has 2 aromatic rings. The molecule has 200 valence electrons. The zero-order chi connectivity index (χ0) is 26.3. The highest BCUT2D eigenvalue weighted by Gasteiger charge is 2.30. The molecule has 0 radical (unpaired) electrons. The van der Waals surface area contributed by atoms with Gasteiger partial charge in [0.2, 0.25) is 21.8 Å². The molecule has 1 unspecified atom stereocenters. The van der Waals surface area contributed by atoms with E-state index >= 15 is 0 Å². The molecule has 0 bridgehead atoms. The quantitative estimate of drug-likeness (QED) is 0.647. The zero-order valence-corrected chi connectivity index (χ0v) is 22.5. The number of rotatable bonds is 5. The van der Waals surface area contributed by atoms with Gasteiger partial charge in [0.1, 0.15) is 0 Å². The minimum atomic E-state index is -3.71. The molecule has 1 atom stereocenters. The molecular weight excluding hydrogens is 488 g/mol. The molecule has 2 aliphatic heterocycles. The fourth-order valence-electron chi connectivity index (χ4n) is 5.04. The summed E-state index contributed by atoms with van der Waals surface area (Å²) in [6, 6.07) is 16.9. The van der Waals surface area contributed by atoms with Crippen LogP contribution in [-0.2, 0) is 26.2 Å². The van der Waals surface area contributed by atoms with E-state index in [0.717, 1.165) is 19.6 Å². The molecule has 1 N–H and O–H groups in total. The van der Waals surface area contributed by atoms with Crippen LogP contribution in [0.5, 0.6) is 0 Å². The summed E-state index contributed by atoms with van der Waals surface area (Å²) in [5, 5.41) is 2.88. The first-order valence-corrected chi connectivity index (χ1v) is 14.7. The van der Waals surface area contributed by atoms with Crippen LogP contribution in [0.15, 0.2) is 59.5 Å². The summed E-state index contributed by atoms with van der Waals surface area (Å²) < 4.78 is 27.8. The van der Waals surface area contributed by atoms with Gasteiger partial charge in [0.25, 0.3) is 0 Å². The first kappa shape index (κ1) is 27.3. The summed E-state index contributed by atoms with van der Waals surface area (Å²) in [6.45, 7) is 6.82. The number of hydrogen-bond acceptors (Lipinski definition) is 5. The van der Waals surface area contributed by atoms with E-state index < -0.39 is 10.0 Å². The monoisotopic (exact) mass is 526 g/mol. The molecule has 9 heteroatoms. The van der Waals surface area contributed by atoms with E-state index in [4.69, 9.17) is 0 Å². The summed E-state index contributed by atoms with van der Waals surface area (Å²) >= 11 is 0. The first-order valence-electron chi connectivity index (χ1n) is 13.2. The van der Waals surface area contributed by atoms with E-state index in [0.29, 0.717) is 45.4 Å². The Labute approximate surface area is 220 Å². The number of hydrogen-bond donors (Lipinski definition) is 1. The van der Waals surface area contributed by atoms with Gasteiger partial charge in [-0.2, -0.15) is 4.31 Å². The Morgan fingerprint density at radius 3 is 2.32 bits per heavy atom. The number of benzene rings is 2. The molecule has 2 amide bonds. The highest BCUT2D eigenvalue weighted by molar-refractivity contribution is 7.89. The van der Waals surface area contributed by atoms with Crippen molar-refractivity contribution in [3.8, 4) is 0 Å². The average Bonchev–Trinajstić information content (AvgIpc) is 2.95. The molecule has 0 aromatic heterocycles. The van der Waals surface area contributed by atoms with Crippen molar-refractivity contribution in [2.24, 2.45) is 5.92 Å². The number of amides is 2. The topological polar surface area (TPSA) is 90.0 Å². The molecule has 2 heterocycles. The van der Waals surface area contributed by atoms with Crippen LogP contribution in [-0.4, -0.2) is 80.2 Å². The predicted molar refractivity (Wildman–Crippen MR) is 143 cm³/mol. The van der Waals surface area contributed by atoms with Gasteiger partial charge in [-0.3, -0.25) is 14.5 Å². The van der Waals surface area contributed by atoms with Gasteiger partial charge in [0.15, 0.2) is 0 Å². The third kappa shape index (κ3) is 7.40. The van der Waals surface area contributed by atoms with Crippen molar-refractivity contribution in [1.82, 2.24) is 19.4 Å². The lowest BCUT2D eigenvalue weighted by molar-refractivity contribution is -0.138. The van der Waals surface area contributed by atoms with Crippen molar-refractivity contribution in [2.45, 2.75) is 44.0 Å². The zero-order valence-electron chi connectivity index (χ0n) is 21.6. The highest BCUT2D eigenvalue weighted by atomic mass is 32.2. The number of sulfonamides is 1. The molecule has 8 nitrogen and oxygen atoms in total. The van der Waals surface area contributed by atoms with Crippen LogP contribution in [0.2, 0.25) is 0 Å². The summed E-state index contributed by atoms with van der Waals surface area (Å²) in [6.07, 6.45) is 1.84. The van der Waals surface area contributed by atoms with Crippen LogP contribution < -0.4 is 5.32 Å². The standard InChI is InChI=1S/C28H38N4O4S/c1-23-9-11-24(12-10-23)22-30-18-20-31(21-19-30)28(34)25-6-5-16-32(17-14-27(33)29-15-13-25)37(35,36)26-7-3-2-4-8-26/h2-4,7-12,25H,5-6,13-22H2,1H3,(H,29,33). The average molecular weight is 527 g/mol. The van der Waals surface area contributed by atoms with Crippen LogP contribution in [0, 0.1) is 12.8 Å². The molecule has 0 saturated carbocycles. The van der Waals surface area contributed by atoms with Crippen LogP contribution in [0.1, 0.15) is 36.8 Å². The summed E-state index contributed by atoms with van der Waals surface area (Å²) in [7, 11) is -3.71. The van der Waals surface area contributed by atoms with Crippen molar-refractivity contribution in [1.29, 1.82) is 0 Å². The van der Waals surface area contributed by atoms with Crippen LogP contribution >= 0.6 is 0 Å². The molecule has 2 saturated heterocycles. The van der Waals surface area contributed by atoms with Crippen molar-refractivity contribution in [2.75, 3.05) is 45.8 Å². The number of aryl methyl sites for hydroxylation is 1. The lowest BCUT2D eigenvalue weighted by atomic mass is 9.97. The molecule has 2 fully saturated rings. The fourth-order valence-corrected chi connectivity index (χ4v) is 6.54. The fraction of sp³-hybridized carbons (Fsp3) is 0.500. The van der Waals surface area contributed by atoms with Gasteiger partial charge >= 0.3 is 0 Å². The van der Waals surface area contributed by atoms with Crippen molar-refractivity contribution in [3.05, 3.63) is 65.7 Å². The lowest BCUT2D eigenvalue weighted by Gasteiger charge is -2.36. The van der Waals surface area contributed by atoms with E-state index in [1.54, 1.807) is 30.3 Å². The molecular formula is C28H38N4O4S. The van der Waals surface area contributed by atoms with Crippen molar-refractivity contribution < 1.29 is 18.0 Å². The Bertz CT molecular complexity index is 1150. The van der Waals surface area contributed by atoms with E-state index in [1.807, 2.05) is 4.90 Å². The lowest BCUT2D eigenvalue weighted by Crippen LogP contribution is -2.50. The van der Waals surface area contributed by atoms with Crippen LogP contribution in [0.25, 0.3) is 0 Å². The van der Waals surface area contributed by atoms with Crippen molar-refractivity contribution in [3.63, 3.8) is 0 Å². The van der Waals surface area contributed by atoms with Gasteiger partial charge in [-0.05, 0) is 43.9 Å². The molecule has 0 aliphatic carbocycles. The summed E-state index contributed by atoms with van der Waals surface area (Å²) in [5.41, 5.74) is 2.53. The first-order chi connectivity index (χ1) is 17.8. The van der Waals surface area contributed by atoms with Crippen molar-refractivity contribution >= 4 is 21.8 Å². The number of nitrogens with zero attached hydrogens (tertiary/aromatic N) is 3. The van der Waals surface area contributed by atoms with Gasteiger partial charge in [0.05, 0.1) is 4.90 Å². The van der Waals surface area contributed by atoms with E-state index in [-0.39, 0.29) is 35.6 Å². The normalized spacial score (nSPS) is 21.2. The Hall–Kier alpha value is -2.75. The molecule has 2 aromatic carbocycles. The predicted octanol–water partition coefficient (Wildman–Crippen LogP) is 2.64.